The summed E-state index contributed by atoms with van der Waals surface area (Å²) in [5.74, 6) is 0. The Balaban J connectivity index is 1.65. The molecule has 3 aliphatic carbocycles. The molecule has 1 saturated heterocycles. The Hall–Kier alpha value is -0.0151. The van der Waals surface area contributed by atoms with Crippen molar-refractivity contribution in [3.8, 4) is 0 Å². The molecule has 2 bridgehead atoms. The van der Waals surface area contributed by atoms with Crippen LogP contribution < -0.4 is 0 Å². The van der Waals surface area contributed by atoms with Crippen molar-refractivity contribution in [3.05, 3.63) is 0 Å². The van der Waals surface area contributed by atoms with E-state index >= 15 is 0 Å². The Morgan fingerprint density at radius 1 is 0.773 bits per heavy atom. The third-order valence-corrected chi connectivity index (χ3v) is 7.52. The van der Waals surface area contributed by atoms with E-state index in [1.54, 1.807) is 0 Å². The van der Waals surface area contributed by atoms with Crippen molar-refractivity contribution in [2.24, 2.45) is 5.41 Å². The fourth-order valence-electron chi connectivity index (χ4n) is 4.86. The molecule has 2 nitrogen and oxygen atoms in total. The number of unbranched alkanes of at least 4 members (excludes halogenated alkanes) is 2. The van der Waals surface area contributed by atoms with Gasteiger partial charge >= 0.3 is 7.12 Å². The van der Waals surface area contributed by atoms with Crippen LogP contribution in [-0.2, 0) is 9.31 Å². The van der Waals surface area contributed by atoms with Crippen LogP contribution in [0.1, 0.15) is 98.8 Å². The normalized spacial score (nSPS) is 39.4. The smallest absolute Gasteiger partial charge is 0.403 e. The van der Waals surface area contributed by atoms with Gasteiger partial charge in [-0.25, -0.2) is 0 Å². The van der Waals surface area contributed by atoms with E-state index in [4.69, 9.17) is 9.31 Å². The van der Waals surface area contributed by atoms with Crippen molar-refractivity contribution in [1.82, 2.24) is 0 Å². The highest BCUT2D eigenvalue weighted by atomic mass is 16.7. The largest absolute Gasteiger partial charge is 0.464 e. The molecule has 0 spiro atoms. The Bertz CT molecular complexity index is 375. The summed E-state index contributed by atoms with van der Waals surface area (Å²) >= 11 is 0. The molecule has 0 unspecified atom stereocenters. The van der Waals surface area contributed by atoms with Crippen LogP contribution in [0.4, 0.5) is 0 Å². The summed E-state index contributed by atoms with van der Waals surface area (Å²) in [4.78, 5) is 0. The van der Waals surface area contributed by atoms with Crippen molar-refractivity contribution in [3.63, 3.8) is 0 Å². The molecule has 0 aromatic heterocycles. The van der Waals surface area contributed by atoms with Crippen LogP contribution in [0.2, 0.25) is 5.31 Å². The van der Waals surface area contributed by atoms with Gasteiger partial charge in [0.25, 0.3) is 0 Å². The molecule has 3 saturated carbocycles. The van der Waals surface area contributed by atoms with Crippen LogP contribution in [-0.4, -0.2) is 18.3 Å². The van der Waals surface area contributed by atoms with Gasteiger partial charge in [-0.05, 0) is 78.1 Å². The second-order valence-corrected chi connectivity index (χ2v) is 9.41. The fraction of sp³-hybridized carbons (Fsp3) is 1.00. The number of hydrogen-bond acceptors (Lipinski definition) is 2. The maximum Gasteiger partial charge on any atom is 0.464 e. The zero-order chi connectivity index (χ0) is 16.1. The molecule has 4 aliphatic rings. The first-order valence-electron chi connectivity index (χ1n) is 9.60. The van der Waals surface area contributed by atoms with Gasteiger partial charge in [0.05, 0.1) is 11.2 Å². The van der Waals surface area contributed by atoms with Crippen molar-refractivity contribution >= 4 is 7.12 Å². The highest BCUT2D eigenvalue weighted by Crippen LogP contribution is 2.65. The van der Waals surface area contributed by atoms with E-state index in [-0.39, 0.29) is 18.3 Å². The highest BCUT2D eigenvalue weighted by molar-refractivity contribution is 6.49. The summed E-state index contributed by atoms with van der Waals surface area (Å²) in [7, 11) is 0.0199. The minimum absolute atomic E-state index is 0.0199. The SMILES string of the molecule is CCCCCC12CCC(B3OC(C)(C)C(C)(C)O3)(CC1)CC2. The summed E-state index contributed by atoms with van der Waals surface area (Å²) in [6.07, 6.45) is 13.8. The summed E-state index contributed by atoms with van der Waals surface area (Å²) in [6.45, 7) is 11.0. The third-order valence-electron chi connectivity index (χ3n) is 7.52. The van der Waals surface area contributed by atoms with Crippen molar-refractivity contribution in [2.75, 3.05) is 0 Å². The average molecular weight is 306 g/mol. The quantitative estimate of drug-likeness (QED) is 0.475. The van der Waals surface area contributed by atoms with E-state index in [2.05, 4.69) is 34.6 Å². The Morgan fingerprint density at radius 2 is 1.27 bits per heavy atom. The van der Waals surface area contributed by atoms with Gasteiger partial charge < -0.3 is 9.31 Å². The number of rotatable bonds is 5. The zero-order valence-electron chi connectivity index (χ0n) is 15.5. The van der Waals surface area contributed by atoms with Gasteiger partial charge in [-0.3, -0.25) is 0 Å². The van der Waals surface area contributed by atoms with Crippen molar-refractivity contribution in [2.45, 2.75) is 115 Å². The minimum Gasteiger partial charge on any atom is -0.403 e. The lowest BCUT2D eigenvalue weighted by Crippen LogP contribution is -2.46. The third kappa shape index (κ3) is 2.67. The summed E-state index contributed by atoms with van der Waals surface area (Å²) in [5, 5.41) is 0.303. The number of hydrogen-bond donors (Lipinski definition) is 0. The first-order chi connectivity index (χ1) is 10.2. The van der Waals surface area contributed by atoms with Crippen LogP contribution in [0.25, 0.3) is 0 Å². The van der Waals surface area contributed by atoms with Crippen LogP contribution in [0.15, 0.2) is 0 Å². The van der Waals surface area contributed by atoms with Crippen LogP contribution in [0, 0.1) is 5.41 Å². The molecule has 0 aromatic carbocycles. The maximum absolute atomic E-state index is 6.43. The molecule has 4 rings (SSSR count). The number of fused-ring (bicyclic) bond motifs is 3. The van der Waals surface area contributed by atoms with E-state index in [0.29, 0.717) is 10.7 Å². The molecule has 1 aliphatic heterocycles. The monoisotopic (exact) mass is 306 g/mol. The molecule has 22 heavy (non-hydrogen) atoms. The topological polar surface area (TPSA) is 18.5 Å². The van der Waals surface area contributed by atoms with Gasteiger partial charge in [-0.1, -0.05) is 26.2 Å². The van der Waals surface area contributed by atoms with E-state index in [0.717, 1.165) is 0 Å². The Kier molecular flexibility index (Phi) is 4.22. The average Bonchev–Trinajstić information content (AvgIpc) is 2.70. The second kappa shape index (κ2) is 5.51. The van der Waals surface area contributed by atoms with Gasteiger partial charge in [0, 0.05) is 5.31 Å². The first kappa shape index (κ1) is 16.8. The summed E-state index contributed by atoms with van der Waals surface area (Å²) in [5.41, 5.74) is 0.305. The zero-order valence-corrected chi connectivity index (χ0v) is 15.5. The molecule has 0 atom stereocenters. The molecule has 4 fully saturated rings. The second-order valence-electron chi connectivity index (χ2n) is 9.41. The predicted molar refractivity (Wildman–Crippen MR) is 93.1 cm³/mol. The van der Waals surface area contributed by atoms with E-state index < -0.39 is 0 Å². The lowest BCUT2D eigenvalue weighted by atomic mass is 9.41. The Morgan fingerprint density at radius 3 is 1.73 bits per heavy atom. The van der Waals surface area contributed by atoms with Gasteiger partial charge in [-0.2, -0.15) is 0 Å². The maximum atomic E-state index is 6.43. The molecule has 0 N–H and O–H groups in total. The van der Waals surface area contributed by atoms with Crippen LogP contribution >= 0.6 is 0 Å². The molecule has 1 heterocycles. The fourth-order valence-corrected chi connectivity index (χ4v) is 4.86. The molecular formula is C19H35BO2. The van der Waals surface area contributed by atoms with Gasteiger partial charge in [-0.15, -0.1) is 0 Å². The molecular weight excluding hydrogens is 271 g/mol. The molecule has 126 valence electrons. The van der Waals surface area contributed by atoms with Crippen molar-refractivity contribution in [1.29, 1.82) is 0 Å². The van der Waals surface area contributed by atoms with Gasteiger partial charge in [0.1, 0.15) is 0 Å². The van der Waals surface area contributed by atoms with Crippen molar-refractivity contribution < 1.29 is 9.31 Å². The lowest BCUT2D eigenvalue weighted by Gasteiger charge is -2.54. The van der Waals surface area contributed by atoms with Gasteiger partial charge in [0.2, 0.25) is 0 Å². The molecule has 0 radical (unpaired) electrons. The first-order valence-corrected chi connectivity index (χ1v) is 9.60. The highest BCUT2D eigenvalue weighted by Gasteiger charge is 2.62. The van der Waals surface area contributed by atoms with E-state index in [1.807, 2.05) is 0 Å². The minimum atomic E-state index is -0.181. The summed E-state index contributed by atoms with van der Waals surface area (Å²) in [6, 6.07) is 0. The summed E-state index contributed by atoms with van der Waals surface area (Å²) < 4.78 is 12.9. The Labute approximate surface area is 137 Å². The molecule has 3 heteroatoms. The van der Waals surface area contributed by atoms with E-state index in [1.165, 1.54) is 64.2 Å². The van der Waals surface area contributed by atoms with E-state index in [9.17, 15) is 0 Å². The lowest BCUT2D eigenvalue weighted by molar-refractivity contribution is 0.00578. The molecule has 0 amide bonds. The van der Waals surface area contributed by atoms with Gasteiger partial charge in [0.15, 0.2) is 0 Å². The standard InChI is InChI=1S/C19H35BO2/c1-6-7-8-9-18-10-13-19(14-11-18,15-12-18)20-21-16(2,3)17(4,5)22-20/h6-15H2,1-5H3. The van der Waals surface area contributed by atoms with Crippen LogP contribution in [0.3, 0.4) is 0 Å². The predicted octanol–water partition coefficient (Wildman–Crippen LogP) is 5.75. The molecule has 0 aromatic rings. The van der Waals surface area contributed by atoms with Crippen LogP contribution in [0.5, 0.6) is 0 Å².